The van der Waals surface area contributed by atoms with Gasteiger partial charge in [-0.1, -0.05) is 30.3 Å². The first-order valence-corrected chi connectivity index (χ1v) is 8.29. The standard InChI is InChI=1S/C19H21N3O3/c1-25-12-10-20-18(23)16-7-4-8-17(21-16)19(24)22-11-9-14-5-2-3-6-15(14)13-22/h2-8H,9-13H2,1H3,(H,20,23). The van der Waals surface area contributed by atoms with Gasteiger partial charge in [0.25, 0.3) is 11.8 Å². The molecule has 0 radical (unpaired) electrons. The van der Waals surface area contributed by atoms with Crippen LogP contribution >= 0.6 is 0 Å². The molecule has 2 aromatic rings. The second-order valence-electron chi connectivity index (χ2n) is 5.90. The van der Waals surface area contributed by atoms with Gasteiger partial charge in [-0.15, -0.1) is 0 Å². The molecular formula is C19H21N3O3. The Kier molecular flexibility index (Phi) is 5.40. The average molecular weight is 339 g/mol. The number of ether oxygens (including phenoxy) is 1. The first-order valence-electron chi connectivity index (χ1n) is 8.29. The quantitative estimate of drug-likeness (QED) is 0.841. The van der Waals surface area contributed by atoms with Crippen LogP contribution in [0.2, 0.25) is 0 Å². The van der Waals surface area contributed by atoms with Crippen molar-refractivity contribution in [2.75, 3.05) is 26.8 Å². The summed E-state index contributed by atoms with van der Waals surface area (Å²) in [7, 11) is 1.57. The molecule has 6 heteroatoms. The molecule has 2 amide bonds. The number of aromatic nitrogens is 1. The Hall–Kier alpha value is -2.73. The van der Waals surface area contributed by atoms with Gasteiger partial charge in [0.05, 0.1) is 6.61 Å². The lowest BCUT2D eigenvalue weighted by atomic mass is 10.00. The van der Waals surface area contributed by atoms with Crippen LogP contribution in [0.1, 0.15) is 32.1 Å². The lowest BCUT2D eigenvalue weighted by Crippen LogP contribution is -2.36. The maximum Gasteiger partial charge on any atom is 0.272 e. The number of hydrogen-bond acceptors (Lipinski definition) is 4. The van der Waals surface area contributed by atoms with E-state index in [4.69, 9.17) is 4.74 Å². The Bertz CT molecular complexity index is 776. The molecule has 1 aromatic heterocycles. The van der Waals surface area contributed by atoms with E-state index in [0.29, 0.717) is 31.9 Å². The molecule has 0 spiro atoms. The van der Waals surface area contributed by atoms with Crippen LogP contribution in [0.25, 0.3) is 0 Å². The highest BCUT2D eigenvalue weighted by atomic mass is 16.5. The predicted octanol–water partition coefficient (Wildman–Crippen LogP) is 1.66. The summed E-state index contributed by atoms with van der Waals surface area (Å²) in [4.78, 5) is 30.9. The van der Waals surface area contributed by atoms with E-state index in [0.717, 1.165) is 12.0 Å². The molecule has 0 unspecified atom stereocenters. The molecule has 0 atom stereocenters. The summed E-state index contributed by atoms with van der Waals surface area (Å²) in [5, 5.41) is 2.71. The number of benzene rings is 1. The number of carbonyl (C=O) groups is 2. The van der Waals surface area contributed by atoms with E-state index in [1.54, 1.807) is 30.2 Å². The van der Waals surface area contributed by atoms with Gasteiger partial charge < -0.3 is 15.0 Å². The highest BCUT2D eigenvalue weighted by Gasteiger charge is 2.23. The van der Waals surface area contributed by atoms with Gasteiger partial charge in [0.15, 0.2) is 0 Å². The zero-order valence-electron chi connectivity index (χ0n) is 14.2. The van der Waals surface area contributed by atoms with Gasteiger partial charge in [0.2, 0.25) is 0 Å². The Morgan fingerprint density at radius 2 is 1.88 bits per heavy atom. The van der Waals surface area contributed by atoms with E-state index in [2.05, 4.69) is 16.4 Å². The van der Waals surface area contributed by atoms with Gasteiger partial charge in [0.1, 0.15) is 11.4 Å². The van der Waals surface area contributed by atoms with Crippen LogP contribution in [-0.4, -0.2) is 48.5 Å². The third-order valence-electron chi connectivity index (χ3n) is 4.21. The number of methoxy groups -OCH3 is 1. The van der Waals surface area contributed by atoms with Gasteiger partial charge in [0, 0.05) is 26.7 Å². The fourth-order valence-corrected chi connectivity index (χ4v) is 2.87. The fourth-order valence-electron chi connectivity index (χ4n) is 2.87. The van der Waals surface area contributed by atoms with Crippen LogP contribution in [0.3, 0.4) is 0 Å². The zero-order valence-corrected chi connectivity index (χ0v) is 14.2. The number of hydrogen-bond donors (Lipinski definition) is 1. The van der Waals surface area contributed by atoms with Gasteiger partial charge in [-0.05, 0) is 29.7 Å². The number of nitrogens with one attached hydrogen (secondary N) is 1. The molecular weight excluding hydrogens is 318 g/mol. The molecule has 1 N–H and O–H groups in total. The lowest BCUT2D eigenvalue weighted by Gasteiger charge is -2.28. The Balaban J connectivity index is 1.71. The van der Waals surface area contributed by atoms with Crippen molar-refractivity contribution in [2.45, 2.75) is 13.0 Å². The van der Waals surface area contributed by atoms with Crippen LogP contribution in [0.15, 0.2) is 42.5 Å². The SMILES string of the molecule is COCCNC(=O)c1cccc(C(=O)N2CCc3ccccc3C2)n1. The van der Waals surface area contributed by atoms with Gasteiger partial charge in [-0.2, -0.15) is 0 Å². The van der Waals surface area contributed by atoms with Crippen molar-refractivity contribution in [3.63, 3.8) is 0 Å². The predicted molar refractivity (Wildman–Crippen MR) is 93.3 cm³/mol. The molecule has 1 aliphatic heterocycles. The minimum atomic E-state index is -0.310. The lowest BCUT2D eigenvalue weighted by molar-refractivity contribution is 0.0728. The van der Waals surface area contributed by atoms with E-state index < -0.39 is 0 Å². The molecule has 6 nitrogen and oxygen atoms in total. The molecule has 0 saturated carbocycles. The summed E-state index contributed by atoms with van der Waals surface area (Å²) in [6, 6.07) is 13.1. The first kappa shape index (κ1) is 17.1. The number of rotatable bonds is 5. The topological polar surface area (TPSA) is 71.5 Å². The molecule has 0 aliphatic carbocycles. The summed E-state index contributed by atoms with van der Waals surface area (Å²) in [5.41, 5.74) is 2.97. The largest absolute Gasteiger partial charge is 0.383 e. The van der Waals surface area contributed by atoms with Gasteiger partial charge in [-0.25, -0.2) is 4.98 Å². The second kappa shape index (κ2) is 7.90. The smallest absolute Gasteiger partial charge is 0.272 e. The Morgan fingerprint density at radius 1 is 1.12 bits per heavy atom. The number of pyridine rings is 1. The molecule has 0 saturated heterocycles. The van der Waals surface area contributed by atoms with Crippen molar-refractivity contribution in [1.82, 2.24) is 15.2 Å². The van der Waals surface area contributed by atoms with Crippen molar-refractivity contribution in [3.8, 4) is 0 Å². The summed E-state index contributed by atoms with van der Waals surface area (Å²) >= 11 is 0. The maximum absolute atomic E-state index is 12.8. The maximum atomic E-state index is 12.8. The summed E-state index contributed by atoms with van der Waals surface area (Å²) < 4.78 is 4.90. The Labute approximate surface area is 146 Å². The van der Waals surface area contributed by atoms with Crippen LogP contribution in [-0.2, 0) is 17.7 Å². The first-order chi connectivity index (χ1) is 12.2. The van der Waals surface area contributed by atoms with E-state index in [1.165, 1.54) is 5.56 Å². The monoisotopic (exact) mass is 339 g/mol. The molecule has 130 valence electrons. The minimum absolute atomic E-state index is 0.152. The van der Waals surface area contributed by atoms with Crippen LogP contribution < -0.4 is 5.32 Å². The molecule has 1 aliphatic rings. The Morgan fingerprint density at radius 3 is 2.68 bits per heavy atom. The third-order valence-corrected chi connectivity index (χ3v) is 4.21. The van der Waals surface area contributed by atoms with Crippen LogP contribution in [0.4, 0.5) is 0 Å². The molecule has 0 fully saturated rings. The normalized spacial score (nSPS) is 13.2. The molecule has 0 bridgehead atoms. The van der Waals surface area contributed by atoms with Crippen molar-refractivity contribution >= 4 is 11.8 Å². The van der Waals surface area contributed by atoms with Crippen molar-refractivity contribution in [1.29, 1.82) is 0 Å². The van der Waals surface area contributed by atoms with Crippen LogP contribution in [0.5, 0.6) is 0 Å². The molecule has 2 heterocycles. The van der Waals surface area contributed by atoms with E-state index >= 15 is 0 Å². The highest BCUT2D eigenvalue weighted by molar-refractivity contribution is 5.96. The zero-order chi connectivity index (χ0) is 17.6. The summed E-state index contributed by atoms with van der Waals surface area (Å²) in [6.45, 7) is 2.05. The van der Waals surface area contributed by atoms with Crippen LogP contribution in [0, 0.1) is 0 Å². The minimum Gasteiger partial charge on any atom is -0.383 e. The van der Waals surface area contributed by atoms with E-state index in [1.807, 2.05) is 18.2 Å². The molecule has 25 heavy (non-hydrogen) atoms. The highest BCUT2D eigenvalue weighted by Crippen LogP contribution is 2.19. The fraction of sp³-hybridized carbons (Fsp3) is 0.316. The van der Waals surface area contributed by atoms with Gasteiger partial charge in [-0.3, -0.25) is 9.59 Å². The average Bonchev–Trinajstić information content (AvgIpc) is 2.67. The second-order valence-corrected chi connectivity index (χ2v) is 5.90. The van der Waals surface area contributed by atoms with Gasteiger partial charge >= 0.3 is 0 Å². The van der Waals surface area contributed by atoms with Crippen molar-refractivity contribution in [3.05, 3.63) is 65.0 Å². The van der Waals surface area contributed by atoms with E-state index in [9.17, 15) is 9.59 Å². The third kappa shape index (κ3) is 4.03. The summed E-state index contributed by atoms with van der Waals surface area (Å²) in [5.74, 6) is -0.461. The van der Waals surface area contributed by atoms with Crippen molar-refractivity contribution < 1.29 is 14.3 Å². The molecule has 1 aromatic carbocycles. The number of amides is 2. The summed E-state index contributed by atoms with van der Waals surface area (Å²) in [6.07, 6.45) is 0.832. The number of carbonyl (C=O) groups excluding carboxylic acids is 2. The molecule has 3 rings (SSSR count). The number of fused-ring (bicyclic) bond motifs is 1. The van der Waals surface area contributed by atoms with E-state index in [-0.39, 0.29) is 17.5 Å². The number of nitrogens with zero attached hydrogens (tertiary/aromatic N) is 2. The van der Waals surface area contributed by atoms with Crippen molar-refractivity contribution in [2.24, 2.45) is 0 Å².